The van der Waals surface area contributed by atoms with Gasteiger partial charge in [0.25, 0.3) is 0 Å². The summed E-state index contributed by atoms with van der Waals surface area (Å²) in [4.78, 5) is 10.2. The highest BCUT2D eigenvalue weighted by Gasteiger charge is 2.28. The number of anilines is 1. The van der Waals surface area contributed by atoms with Crippen LogP contribution in [0.4, 0.5) is 5.82 Å². The second kappa shape index (κ2) is 4.58. The second-order valence-electron chi connectivity index (χ2n) is 4.37. The van der Waals surface area contributed by atoms with E-state index in [2.05, 4.69) is 14.9 Å². The van der Waals surface area contributed by atoms with Crippen molar-refractivity contribution in [2.45, 2.75) is 19.5 Å². The van der Waals surface area contributed by atoms with Crippen LogP contribution in [0.15, 0.2) is 12.4 Å². The van der Waals surface area contributed by atoms with Crippen molar-refractivity contribution < 1.29 is 8.42 Å². The summed E-state index contributed by atoms with van der Waals surface area (Å²) in [6, 6.07) is 0.0214. The second-order valence-corrected chi connectivity index (χ2v) is 6.60. The zero-order chi connectivity index (χ0) is 12.5. The molecule has 0 aromatic carbocycles. The first kappa shape index (κ1) is 12.3. The number of aromatic nitrogens is 2. The summed E-state index contributed by atoms with van der Waals surface area (Å²) < 4.78 is 22.9. The molecule has 0 aliphatic carbocycles. The molecule has 1 atom stereocenters. The van der Waals surface area contributed by atoms with Crippen LogP contribution in [0, 0.1) is 0 Å². The van der Waals surface area contributed by atoms with Crippen LogP contribution in [0.25, 0.3) is 0 Å². The summed E-state index contributed by atoms with van der Waals surface area (Å²) in [5.74, 6) is 0.831. The van der Waals surface area contributed by atoms with Crippen molar-refractivity contribution in [2.75, 3.05) is 23.8 Å². The Hall–Kier alpha value is -1.21. The van der Waals surface area contributed by atoms with Gasteiger partial charge in [0.15, 0.2) is 9.84 Å². The van der Waals surface area contributed by atoms with E-state index in [4.69, 9.17) is 5.73 Å². The van der Waals surface area contributed by atoms with E-state index in [1.807, 2.05) is 6.92 Å². The molecule has 1 aromatic rings. The standard InChI is InChI=1S/C10H16N4O2S/c1-8-7-17(15,16)3-2-14(8)6-9-4-13-10(11)5-12-9/h4-5,8H,2-3,6-7H2,1H3,(H2,11,13). The molecule has 94 valence electrons. The number of rotatable bonds is 2. The van der Waals surface area contributed by atoms with Crippen molar-refractivity contribution in [2.24, 2.45) is 0 Å². The lowest BCUT2D eigenvalue weighted by Crippen LogP contribution is -2.46. The molecular weight excluding hydrogens is 240 g/mol. The topological polar surface area (TPSA) is 89.2 Å². The summed E-state index contributed by atoms with van der Waals surface area (Å²) in [6.07, 6.45) is 3.14. The molecule has 0 saturated carbocycles. The highest BCUT2D eigenvalue weighted by atomic mass is 32.2. The lowest BCUT2D eigenvalue weighted by Gasteiger charge is -2.32. The van der Waals surface area contributed by atoms with E-state index >= 15 is 0 Å². The van der Waals surface area contributed by atoms with Gasteiger partial charge in [-0.2, -0.15) is 0 Å². The van der Waals surface area contributed by atoms with Gasteiger partial charge in [0, 0.05) is 19.1 Å². The van der Waals surface area contributed by atoms with Crippen LogP contribution in [0.2, 0.25) is 0 Å². The number of sulfone groups is 1. The van der Waals surface area contributed by atoms with Crippen LogP contribution in [0.1, 0.15) is 12.6 Å². The van der Waals surface area contributed by atoms with Crippen LogP contribution >= 0.6 is 0 Å². The highest BCUT2D eigenvalue weighted by Crippen LogP contribution is 2.14. The fourth-order valence-corrected chi connectivity index (χ4v) is 3.55. The molecule has 17 heavy (non-hydrogen) atoms. The Labute approximate surface area is 101 Å². The minimum Gasteiger partial charge on any atom is -0.382 e. The van der Waals surface area contributed by atoms with E-state index in [0.29, 0.717) is 18.9 Å². The first-order valence-electron chi connectivity index (χ1n) is 5.47. The first-order chi connectivity index (χ1) is 7.96. The quantitative estimate of drug-likeness (QED) is 0.780. The molecule has 1 aliphatic rings. The fraction of sp³-hybridized carbons (Fsp3) is 0.600. The van der Waals surface area contributed by atoms with Gasteiger partial charge in [0.05, 0.1) is 29.6 Å². The number of nitrogens with two attached hydrogens (primary N) is 1. The Bertz CT molecular complexity index is 486. The average molecular weight is 256 g/mol. The molecule has 1 unspecified atom stereocenters. The summed E-state index contributed by atoms with van der Waals surface area (Å²) in [7, 11) is -2.86. The van der Waals surface area contributed by atoms with E-state index < -0.39 is 9.84 Å². The fourth-order valence-electron chi connectivity index (χ4n) is 1.92. The Morgan fingerprint density at radius 1 is 1.47 bits per heavy atom. The number of hydrogen-bond acceptors (Lipinski definition) is 6. The van der Waals surface area contributed by atoms with Gasteiger partial charge in [0.1, 0.15) is 5.82 Å². The normalized spacial score (nSPS) is 24.6. The van der Waals surface area contributed by atoms with Gasteiger partial charge in [-0.25, -0.2) is 13.4 Å². The molecule has 1 fully saturated rings. The Morgan fingerprint density at radius 3 is 2.82 bits per heavy atom. The zero-order valence-corrected chi connectivity index (χ0v) is 10.5. The number of nitrogens with zero attached hydrogens (tertiary/aromatic N) is 3. The SMILES string of the molecule is CC1CS(=O)(=O)CCN1Cc1cnc(N)cn1. The molecule has 2 N–H and O–H groups in total. The summed E-state index contributed by atoms with van der Waals surface area (Å²) >= 11 is 0. The Balaban J connectivity index is 2.03. The molecule has 0 radical (unpaired) electrons. The van der Waals surface area contributed by atoms with E-state index in [9.17, 15) is 8.42 Å². The van der Waals surface area contributed by atoms with Gasteiger partial charge in [-0.1, -0.05) is 0 Å². The third kappa shape index (κ3) is 3.13. The maximum absolute atomic E-state index is 11.4. The van der Waals surface area contributed by atoms with E-state index in [0.717, 1.165) is 5.69 Å². The van der Waals surface area contributed by atoms with Crippen molar-refractivity contribution in [3.8, 4) is 0 Å². The van der Waals surface area contributed by atoms with Crippen LogP contribution in [-0.4, -0.2) is 47.4 Å². The first-order valence-corrected chi connectivity index (χ1v) is 7.29. The minimum absolute atomic E-state index is 0.0214. The monoisotopic (exact) mass is 256 g/mol. The predicted molar refractivity (Wildman–Crippen MR) is 65.0 cm³/mol. The zero-order valence-electron chi connectivity index (χ0n) is 9.70. The third-order valence-electron chi connectivity index (χ3n) is 2.90. The molecule has 1 aromatic heterocycles. The minimum atomic E-state index is -2.86. The highest BCUT2D eigenvalue weighted by molar-refractivity contribution is 7.91. The molecular formula is C10H16N4O2S. The van der Waals surface area contributed by atoms with E-state index in [1.165, 1.54) is 6.20 Å². The number of nitrogen functional groups attached to an aromatic ring is 1. The van der Waals surface area contributed by atoms with Gasteiger partial charge in [0.2, 0.25) is 0 Å². The van der Waals surface area contributed by atoms with Gasteiger partial charge < -0.3 is 5.73 Å². The van der Waals surface area contributed by atoms with E-state index in [1.54, 1.807) is 6.20 Å². The molecule has 0 bridgehead atoms. The maximum Gasteiger partial charge on any atom is 0.153 e. The molecule has 7 heteroatoms. The average Bonchev–Trinajstić information content (AvgIpc) is 2.24. The molecule has 1 saturated heterocycles. The maximum atomic E-state index is 11.4. The van der Waals surface area contributed by atoms with Gasteiger partial charge in [-0.05, 0) is 6.92 Å². The largest absolute Gasteiger partial charge is 0.382 e. The summed E-state index contributed by atoms with van der Waals surface area (Å²) in [6.45, 7) is 3.08. The van der Waals surface area contributed by atoms with Crippen molar-refractivity contribution >= 4 is 15.7 Å². The molecule has 0 spiro atoms. The smallest absolute Gasteiger partial charge is 0.153 e. The van der Waals surface area contributed by atoms with Crippen LogP contribution < -0.4 is 5.73 Å². The lowest BCUT2D eigenvalue weighted by atomic mass is 10.3. The number of hydrogen-bond donors (Lipinski definition) is 1. The predicted octanol–water partition coefficient (Wildman–Crippen LogP) is -0.322. The molecule has 0 amide bonds. The third-order valence-corrected chi connectivity index (χ3v) is 4.69. The van der Waals surface area contributed by atoms with Gasteiger partial charge in [-0.3, -0.25) is 9.88 Å². The Morgan fingerprint density at radius 2 is 2.24 bits per heavy atom. The lowest BCUT2D eigenvalue weighted by molar-refractivity contribution is 0.215. The Kier molecular flexibility index (Phi) is 3.30. The van der Waals surface area contributed by atoms with E-state index in [-0.39, 0.29) is 17.5 Å². The molecule has 2 rings (SSSR count). The molecule has 2 heterocycles. The summed E-state index contributed by atoms with van der Waals surface area (Å²) in [5, 5.41) is 0. The molecule has 1 aliphatic heterocycles. The van der Waals surface area contributed by atoms with Gasteiger partial charge in [-0.15, -0.1) is 0 Å². The van der Waals surface area contributed by atoms with Crippen molar-refractivity contribution in [3.05, 3.63) is 18.1 Å². The van der Waals surface area contributed by atoms with Crippen LogP contribution in [0.3, 0.4) is 0 Å². The van der Waals surface area contributed by atoms with Crippen molar-refractivity contribution in [1.82, 2.24) is 14.9 Å². The summed E-state index contributed by atoms with van der Waals surface area (Å²) in [5.41, 5.74) is 6.27. The van der Waals surface area contributed by atoms with Crippen molar-refractivity contribution in [3.63, 3.8) is 0 Å². The van der Waals surface area contributed by atoms with Gasteiger partial charge >= 0.3 is 0 Å². The van der Waals surface area contributed by atoms with Crippen LogP contribution in [-0.2, 0) is 16.4 Å². The van der Waals surface area contributed by atoms with Crippen LogP contribution in [0.5, 0.6) is 0 Å². The van der Waals surface area contributed by atoms with Crippen molar-refractivity contribution in [1.29, 1.82) is 0 Å². The molecule has 6 nitrogen and oxygen atoms in total.